The third-order valence-electron chi connectivity index (χ3n) is 3.57. The number of amides is 1. The summed E-state index contributed by atoms with van der Waals surface area (Å²) in [6, 6.07) is 9.29. The van der Waals surface area contributed by atoms with E-state index in [-0.39, 0.29) is 26.1 Å². The Morgan fingerprint density at radius 2 is 2.10 bits per heavy atom. The third kappa shape index (κ3) is 3.27. The molecular formula is C14H19NO5. The number of β-amino-alcohol motifs (C(OH)–C–C–N with tert-alkyl or cyclic N) is 1. The van der Waals surface area contributed by atoms with Crippen molar-refractivity contribution in [2.75, 3.05) is 19.7 Å². The number of piperidine rings is 1. The largest absolute Gasteiger partial charge is 0.445 e. The van der Waals surface area contributed by atoms with Crippen molar-refractivity contribution in [3.05, 3.63) is 35.9 Å². The zero-order valence-corrected chi connectivity index (χ0v) is 11.1. The number of hydrogen-bond acceptors (Lipinski definition) is 5. The lowest BCUT2D eigenvalue weighted by Gasteiger charge is -2.40. The van der Waals surface area contributed by atoms with E-state index in [1.54, 1.807) is 0 Å². The van der Waals surface area contributed by atoms with Gasteiger partial charge in [-0.1, -0.05) is 30.3 Å². The smallest absolute Gasteiger partial charge is 0.410 e. The number of benzene rings is 1. The number of ether oxygens (including phenoxy) is 1. The molecule has 3 N–H and O–H groups in total. The summed E-state index contributed by atoms with van der Waals surface area (Å²) < 4.78 is 5.15. The summed E-state index contributed by atoms with van der Waals surface area (Å²) >= 11 is 0. The third-order valence-corrected chi connectivity index (χ3v) is 3.57. The molecule has 1 aromatic rings. The van der Waals surface area contributed by atoms with E-state index in [1.807, 2.05) is 30.3 Å². The molecule has 0 spiro atoms. The number of carbonyl (C=O) groups is 1. The number of hydrogen-bond donors (Lipinski definition) is 3. The van der Waals surface area contributed by atoms with Gasteiger partial charge < -0.3 is 25.0 Å². The molecule has 0 aliphatic carbocycles. The molecule has 2 atom stereocenters. The lowest BCUT2D eigenvalue weighted by molar-refractivity contribution is -0.137. The van der Waals surface area contributed by atoms with E-state index >= 15 is 0 Å². The highest BCUT2D eigenvalue weighted by atomic mass is 16.6. The van der Waals surface area contributed by atoms with Gasteiger partial charge in [0.1, 0.15) is 18.3 Å². The van der Waals surface area contributed by atoms with Crippen molar-refractivity contribution in [2.45, 2.75) is 24.7 Å². The van der Waals surface area contributed by atoms with Crippen LogP contribution in [0.4, 0.5) is 4.79 Å². The van der Waals surface area contributed by atoms with Crippen molar-refractivity contribution in [3.8, 4) is 0 Å². The van der Waals surface area contributed by atoms with Crippen LogP contribution in [-0.2, 0) is 11.3 Å². The summed E-state index contributed by atoms with van der Waals surface area (Å²) in [5.74, 6) is 0. The number of aliphatic hydroxyl groups excluding tert-OH is 2. The van der Waals surface area contributed by atoms with Crippen LogP contribution in [0.25, 0.3) is 0 Å². The van der Waals surface area contributed by atoms with Gasteiger partial charge in [0.25, 0.3) is 0 Å². The second-order valence-electron chi connectivity index (χ2n) is 5.01. The molecule has 0 aromatic heterocycles. The molecule has 0 radical (unpaired) electrons. The van der Waals surface area contributed by atoms with Gasteiger partial charge in [-0.15, -0.1) is 0 Å². The highest BCUT2D eigenvalue weighted by Gasteiger charge is 2.41. The Bertz CT molecular complexity index is 452. The molecule has 1 aromatic carbocycles. The summed E-state index contributed by atoms with van der Waals surface area (Å²) in [6.45, 7) is -0.177. The lowest BCUT2D eigenvalue weighted by atomic mass is 9.90. The number of carbonyl (C=O) groups excluding carboxylic acids is 1. The van der Waals surface area contributed by atoms with E-state index in [1.165, 1.54) is 4.90 Å². The van der Waals surface area contributed by atoms with Crippen LogP contribution < -0.4 is 0 Å². The zero-order valence-electron chi connectivity index (χ0n) is 11.1. The van der Waals surface area contributed by atoms with Gasteiger partial charge in [0, 0.05) is 6.54 Å². The predicted octanol–water partition coefficient (Wildman–Crippen LogP) is 0.113. The molecule has 1 saturated heterocycles. The highest BCUT2D eigenvalue weighted by Crippen LogP contribution is 2.22. The van der Waals surface area contributed by atoms with E-state index in [0.717, 1.165) is 5.56 Å². The average Bonchev–Trinajstić information content (AvgIpc) is 2.48. The Kier molecular flexibility index (Phi) is 4.59. The molecule has 1 aliphatic rings. The molecule has 0 unspecified atom stereocenters. The molecule has 6 heteroatoms. The summed E-state index contributed by atoms with van der Waals surface area (Å²) in [7, 11) is 0. The van der Waals surface area contributed by atoms with Crippen molar-refractivity contribution in [1.82, 2.24) is 4.90 Å². The van der Waals surface area contributed by atoms with Gasteiger partial charge in [-0.05, 0) is 12.0 Å². The number of likely N-dealkylation sites (tertiary alicyclic amines) is 1. The summed E-state index contributed by atoms with van der Waals surface area (Å²) in [6.07, 6.45) is -1.59. The first kappa shape index (κ1) is 14.8. The van der Waals surface area contributed by atoms with Crippen LogP contribution in [0.3, 0.4) is 0 Å². The fraction of sp³-hybridized carbons (Fsp3) is 0.500. The molecule has 1 amide bonds. The summed E-state index contributed by atoms with van der Waals surface area (Å²) in [5.41, 5.74) is -0.652. The summed E-state index contributed by atoms with van der Waals surface area (Å²) in [4.78, 5) is 13.2. The number of aliphatic hydroxyl groups is 3. The van der Waals surface area contributed by atoms with Gasteiger partial charge in [-0.3, -0.25) is 0 Å². The second kappa shape index (κ2) is 6.21. The first-order valence-corrected chi connectivity index (χ1v) is 6.52. The van der Waals surface area contributed by atoms with Gasteiger partial charge in [0.2, 0.25) is 0 Å². The molecule has 110 valence electrons. The van der Waals surface area contributed by atoms with Gasteiger partial charge >= 0.3 is 6.09 Å². The Morgan fingerprint density at radius 3 is 2.70 bits per heavy atom. The minimum Gasteiger partial charge on any atom is -0.445 e. The molecule has 1 aliphatic heterocycles. The molecule has 0 saturated carbocycles. The van der Waals surface area contributed by atoms with Crippen molar-refractivity contribution < 1.29 is 24.9 Å². The van der Waals surface area contributed by atoms with Crippen molar-refractivity contribution >= 4 is 6.09 Å². The van der Waals surface area contributed by atoms with E-state index in [9.17, 15) is 15.0 Å². The first-order chi connectivity index (χ1) is 9.55. The molecular weight excluding hydrogens is 262 g/mol. The molecule has 2 rings (SSSR count). The maximum absolute atomic E-state index is 11.9. The van der Waals surface area contributed by atoms with Crippen molar-refractivity contribution in [1.29, 1.82) is 0 Å². The van der Waals surface area contributed by atoms with Crippen LogP contribution in [-0.4, -0.2) is 57.7 Å². The fourth-order valence-electron chi connectivity index (χ4n) is 2.13. The van der Waals surface area contributed by atoms with Gasteiger partial charge in [-0.2, -0.15) is 0 Å². The maximum Gasteiger partial charge on any atom is 0.410 e. The van der Waals surface area contributed by atoms with Crippen LogP contribution in [0.15, 0.2) is 30.3 Å². The molecule has 20 heavy (non-hydrogen) atoms. The molecule has 6 nitrogen and oxygen atoms in total. The van der Waals surface area contributed by atoms with E-state index in [2.05, 4.69) is 0 Å². The number of rotatable bonds is 3. The Hall–Kier alpha value is -1.63. The second-order valence-corrected chi connectivity index (χ2v) is 5.01. The molecule has 1 fully saturated rings. The minimum atomic E-state index is -1.53. The van der Waals surface area contributed by atoms with E-state index < -0.39 is 24.4 Å². The fourth-order valence-corrected chi connectivity index (χ4v) is 2.13. The number of nitrogens with zero attached hydrogens (tertiary/aromatic N) is 1. The van der Waals surface area contributed by atoms with Crippen LogP contribution in [0.5, 0.6) is 0 Å². The Balaban J connectivity index is 1.85. The molecule has 0 bridgehead atoms. The van der Waals surface area contributed by atoms with Crippen molar-refractivity contribution in [2.24, 2.45) is 0 Å². The van der Waals surface area contributed by atoms with Crippen molar-refractivity contribution in [3.63, 3.8) is 0 Å². The first-order valence-electron chi connectivity index (χ1n) is 6.52. The predicted molar refractivity (Wildman–Crippen MR) is 70.9 cm³/mol. The lowest BCUT2D eigenvalue weighted by Crippen LogP contribution is -2.58. The normalized spacial score (nSPS) is 26.4. The topological polar surface area (TPSA) is 90.2 Å². The Morgan fingerprint density at radius 1 is 1.40 bits per heavy atom. The van der Waals surface area contributed by atoms with Gasteiger partial charge in [0.05, 0.1) is 13.2 Å². The SMILES string of the molecule is O=C(OCc1ccccc1)N1CC[C@](O)(CO)[C@@H](O)C1. The monoisotopic (exact) mass is 281 g/mol. The molecule has 1 heterocycles. The van der Waals surface area contributed by atoms with Gasteiger partial charge in [-0.25, -0.2) is 4.79 Å². The van der Waals surface area contributed by atoms with E-state index in [4.69, 9.17) is 9.84 Å². The standard InChI is InChI=1S/C14H19NO5/c16-10-14(19)6-7-15(8-12(14)17)13(18)20-9-11-4-2-1-3-5-11/h1-5,12,16-17,19H,6-10H2/t12-,14-/m0/s1. The van der Waals surface area contributed by atoms with Crippen LogP contribution in [0.1, 0.15) is 12.0 Å². The average molecular weight is 281 g/mol. The Labute approximate surface area is 117 Å². The van der Waals surface area contributed by atoms with Crippen LogP contribution in [0.2, 0.25) is 0 Å². The maximum atomic E-state index is 11.9. The zero-order chi connectivity index (χ0) is 14.6. The highest BCUT2D eigenvalue weighted by molar-refractivity contribution is 5.67. The summed E-state index contributed by atoms with van der Waals surface area (Å²) in [5, 5.41) is 28.7. The van der Waals surface area contributed by atoms with Crippen LogP contribution in [0, 0.1) is 0 Å². The minimum absolute atomic E-state index is 0.0509. The van der Waals surface area contributed by atoms with E-state index in [0.29, 0.717) is 0 Å². The quantitative estimate of drug-likeness (QED) is 0.732. The van der Waals surface area contributed by atoms with Gasteiger partial charge in [0.15, 0.2) is 0 Å². The van der Waals surface area contributed by atoms with Crippen LogP contribution >= 0.6 is 0 Å².